The van der Waals surface area contributed by atoms with Crippen molar-refractivity contribution in [3.63, 3.8) is 0 Å². The van der Waals surface area contributed by atoms with Gasteiger partial charge in [0, 0.05) is 42.3 Å². The predicted octanol–water partition coefficient (Wildman–Crippen LogP) is 5.29. The second-order valence-corrected chi connectivity index (χ2v) is 9.48. The van der Waals surface area contributed by atoms with E-state index in [1.807, 2.05) is 79.5 Å². The first-order valence-corrected chi connectivity index (χ1v) is 13.0. The predicted molar refractivity (Wildman–Crippen MR) is 153 cm³/mol. The third-order valence-corrected chi connectivity index (χ3v) is 6.23. The van der Waals surface area contributed by atoms with E-state index < -0.39 is 0 Å². The lowest BCUT2D eigenvalue weighted by Gasteiger charge is -2.15. The normalized spacial score (nSPS) is 11.9. The molecule has 1 N–H and O–H groups in total. The van der Waals surface area contributed by atoms with Gasteiger partial charge in [0.25, 0.3) is 0 Å². The van der Waals surface area contributed by atoms with Crippen LogP contribution in [0, 0.1) is 0 Å². The van der Waals surface area contributed by atoms with Crippen LogP contribution in [0.2, 0.25) is 0 Å². The average Bonchev–Trinajstić information content (AvgIpc) is 3.47. The summed E-state index contributed by atoms with van der Waals surface area (Å²) >= 11 is 0. The minimum Gasteiger partial charge on any atom is -0.477 e. The van der Waals surface area contributed by atoms with Gasteiger partial charge in [-0.1, -0.05) is 48.5 Å². The topological polar surface area (TPSA) is 93.9 Å². The van der Waals surface area contributed by atoms with Crippen LogP contribution < -0.4 is 10.1 Å². The monoisotopic (exact) mass is 520 g/mol. The van der Waals surface area contributed by atoms with Crippen LogP contribution in [-0.2, 0) is 0 Å². The van der Waals surface area contributed by atoms with Crippen LogP contribution in [0.25, 0.3) is 28.5 Å². The summed E-state index contributed by atoms with van der Waals surface area (Å²) in [7, 11) is 4.09. The SMILES string of the molecule is C[C@H](Nc1nccc(-n2ccnc2-c2cccc(-c3ccc(OCCCN(C)C)nn3)c2)n1)c1ccccc1. The molecule has 0 aliphatic heterocycles. The van der Waals surface area contributed by atoms with Gasteiger partial charge in [-0.3, -0.25) is 4.57 Å². The van der Waals surface area contributed by atoms with E-state index in [0.29, 0.717) is 18.4 Å². The molecule has 0 amide bonds. The van der Waals surface area contributed by atoms with Crippen molar-refractivity contribution in [1.29, 1.82) is 0 Å². The highest BCUT2D eigenvalue weighted by molar-refractivity contribution is 5.68. The third-order valence-electron chi connectivity index (χ3n) is 6.23. The summed E-state index contributed by atoms with van der Waals surface area (Å²) in [5.41, 5.74) is 3.81. The minimum absolute atomic E-state index is 0.0660. The molecule has 0 fully saturated rings. The molecular weight excluding hydrogens is 488 g/mol. The Kier molecular flexibility index (Phi) is 8.18. The van der Waals surface area contributed by atoms with Gasteiger partial charge in [-0.05, 0) is 51.2 Å². The van der Waals surface area contributed by atoms with Crippen LogP contribution in [0.5, 0.6) is 5.88 Å². The molecule has 39 heavy (non-hydrogen) atoms. The molecule has 0 saturated carbocycles. The number of hydrogen-bond acceptors (Lipinski definition) is 8. The largest absolute Gasteiger partial charge is 0.477 e. The average molecular weight is 521 g/mol. The fraction of sp³-hybridized carbons (Fsp3) is 0.233. The Balaban J connectivity index is 1.32. The van der Waals surface area contributed by atoms with Crippen LogP contribution in [-0.4, -0.2) is 61.9 Å². The van der Waals surface area contributed by atoms with Crippen molar-refractivity contribution in [3.05, 3.63) is 97.0 Å². The molecule has 2 aromatic carbocycles. The first-order valence-electron chi connectivity index (χ1n) is 13.0. The highest BCUT2D eigenvalue weighted by Crippen LogP contribution is 2.26. The molecule has 0 bridgehead atoms. The number of imidazole rings is 1. The zero-order valence-corrected chi connectivity index (χ0v) is 22.4. The maximum atomic E-state index is 5.72. The standard InChI is InChI=1S/C30H32N8O/c1-22(23-9-5-4-6-10-23)33-30-32-16-15-27(34-30)38-19-17-31-29(38)25-12-7-11-24(21-25)26-13-14-28(36-35-26)39-20-8-18-37(2)3/h4-7,9-17,19,21-22H,8,18,20H2,1-3H3,(H,32,33,34)/t22-/m0/s1. The van der Waals surface area contributed by atoms with Gasteiger partial charge in [-0.2, -0.15) is 4.98 Å². The molecule has 5 aromatic rings. The summed E-state index contributed by atoms with van der Waals surface area (Å²) in [5.74, 6) is 2.57. The van der Waals surface area contributed by atoms with Crippen molar-refractivity contribution in [2.75, 3.05) is 32.6 Å². The number of aromatic nitrogens is 6. The van der Waals surface area contributed by atoms with Crippen molar-refractivity contribution in [1.82, 2.24) is 34.6 Å². The summed E-state index contributed by atoms with van der Waals surface area (Å²) < 4.78 is 7.68. The zero-order valence-electron chi connectivity index (χ0n) is 22.4. The lowest BCUT2D eigenvalue weighted by Crippen LogP contribution is -2.15. The van der Waals surface area contributed by atoms with E-state index in [2.05, 4.69) is 55.5 Å². The highest BCUT2D eigenvalue weighted by Gasteiger charge is 2.13. The Morgan fingerprint density at radius 1 is 0.897 bits per heavy atom. The molecule has 5 rings (SSSR count). The fourth-order valence-electron chi connectivity index (χ4n) is 4.20. The Morgan fingerprint density at radius 3 is 2.54 bits per heavy atom. The Bertz CT molecular complexity index is 1480. The lowest BCUT2D eigenvalue weighted by molar-refractivity contribution is 0.271. The maximum Gasteiger partial charge on any atom is 0.233 e. The Hall–Kier alpha value is -4.63. The van der Waals surface area contributed by atoms with E-state index >= 15 is 0 Å². The van der Waals surface area contributed by atoms with Gasteiger partial charge in [-0.25, -0.2) is 9.97 Å². The molecule has 0 spiro atoms. The lowest BCUT2D eigenvalue weighted by atomic mass is 10.1. The minimum atomic E-state index is 0.0660. The van der Waals surface area contributed by atoms with Crippen LogP contribution in [0.15, 0.2) is 91.4 Å². The number of benzene rings is 2. The van der Waals surface area contributed by atoms with Gasteiger partial charge in [0.1, 0.15) is 11.6 Å². The molecule has 0 aliphatic rings. The van der Waals surface area contributed by atoms with Crippen molar-refractivity contribution in [3.8, 4) is 34.3 Å². The number of hydrogen-bond donors (Lipinski definition) is 1. The number of nitrogens with one attached hydrogen (secondary N) is 1. The molecule has 198 valence electrons. The maximum absolute atomic E-state index is 5.72. The van der Waals surface area contributed by atoms with Gasteiger partial charge in [0.2, 0.25) is 11.8 Å². The molecule has 3 heterocycles. The van der Waals surface area contributed by atoms with Crippen LogP contribution in [0.4, 0.5) is 5.95 Å². The van der Waals surface area contributed by atoms with E-state index in [-0.39, 0.29) is 6.04 Å². The number of nitrogens with zero attached hydrogens (tertiary/aromatic N) is 7. The molecule has 9 heteroatoms. The van der Waals surface area contributed by atoms with Gasteiger partial charge in [-0.15, -0.1) is 10.2 Å². The number of anilines is 1. The summed E-state index contributed by atoms with van der Waals surface area (Å²) in [6.07, 6.45) is 6.35. The number of ether oxygens (including phenoxy) is 1. The molecule has 9 nitrogen and oxygen atoms in total. The molecule has 1 atom stereocenters. The molecule has 3 aromatic heterocycles. The van der Waals surface area contributed by atoms with Gasteiger partial charge >= 0.3 is 0 Å². The van der Waals surface area contributed by atoms with Crippen molar-refractivity contribution < 1.29 is 4.74 Å². The smallest absolute Gasteiger partial charge is 0.233 e. The second kappa shape index (κ2) is 12.3. The molecule has 0 aliphatic carbocycles. The summed E-state index contributed by atoms with van der Waals surface area (Å²) in [4.78, 5) is 15.9. The van der Waals surface area contributed by atoms with Gasteiger partial charge in [0.15, 0.2) is 0 Å². The summed E-state index contributed by atoms with van der Waals surface area (Å²) in [6, 6.07) is 24.0. The summed E-state index contributed by atoms with van der Waals surface area (Å²) in [6.45, 7) is 3.66. The van der Waals surface area contributed by atoms with Crippen molar-refractivity contribution in [2.45, 2.75) is 19.4 Å². The van der Waals surface area contributed by atoms with Gasteiger partial charge in [0.05, 0.1) is 18.3 Å². The molecule has 0 saturated heterocycles. The van der Waals surface area contributed by atoms with Crippen LogP contribution in [0.3, 0.4) is 0 Å². The summed E-state index contributed by atoms with van der Waals surface area (Å²) in [5, 5.41) is 12.0. The van der Waals surface area contributed by atoms with E-state index in [1.54, 1.807) is 12.4 Å². The van der Waals surface area contributed by atoms with E-state index in [1.165, 1.54) is 5.56 Å². The van der Waals surface area contributed by atoms with E-state index in [9.17, 15) is 0 Å². The number of rotatable bonds is 11. The van der Waals surface area contributed by atoms with E-state index in [4.69, 9.17) is 9.72 Å². The van der Waals surface area contributed by atoms with Gasteiger partial charge < -0.3 is 15.0 Å². The quantitative estimate of drug-likeness (QED) is 0.235. The van der Waals surface area contributed by atoms with Crippen molar-refractivity contribution >= 4 is 5.95 Å². The van der Waals surface area contributed by atoms with E-state index in [0.717, 1.165) is 41.4 Å². The third kappa shape index (κ3) is 6.63. The highest BCUT2D eigenvalue weighted by atomic mass is 16.5. The molecule has 0 radical (unpaired) electrons. The Morgan fingerprint density at radius 2 is 1.74 bits per heavy atom. The first kappa shape index (κ1) is 26.0. The first-order chi connectivity index (χ1) is 19.1. The van der Waals surface area contributed by atoms with Crippen molar-refractivity contribution in [2.24, 2.45) is 0 Å². The molecule has 0 unspecified atom stereocenters. The van der Waals surface area contributed by atoms with Crippen LogP contribution in [0.1, 0.15) is 24.9 Å². The second-order valence-electron chi connectivity index (χ2n) is 9.48. The molecular formula is C30H32N8O. The fourth-order valence-corrected chi connectivity index (χ4v) is 4.20. The Labute approximate surface area is 228 Å². The zero-order chi connectivity index (χ0) is 27.0. The van der Waals surface area contributed by atoms with Crippen LogP contribution >= 0.6 is 0 Å².